The summed E-state index contributed by atoms with van der Waals surface area (Å²) >= 11 is 1.23. The van der Waals surface area contributed by atoms with Crippen LogP contribution >= 0.6 is 11.3 Å². The molecule has 3 N–H and O–H groups in total. The van der Waals surface area contributed by atoms with Crippen LogP contribution in [-0.4, -0.2) is 24.2 Å². The first-order valence-electron chi connectivity index (χ1n) is 10.8. The van der Waals surface area contributed by atoms with Crippen molar-refractivity contribution in [1.82, 2.24) is 10.4 Å². The number of aromatic nitrogens is 1. The number of aryl methyl sites for hydroxylation is 2. The zero-order valence-electron chi connectivity index (χ0n) is 19.5. The highest BCUT2D eigenvalue weighted by Crippen LogP contribution is 2.28. The zero-order chi connectivity index (χ0) is 24.8. The lowest BCUT2D eigenvalue weighted by molar-refractivity contribution is 0.243. The van der Waals surface area contributed by atoms with Gasteiger partial charge in [0, 0.05) is 22.3 Å². The number of urea groups is 2. The Labute approximate surface area is 207 Å². The van der Waals surface area contributed by atoms with E-state index in [9.17, 15) is 9.59 Å². The molecule has 4 rings (SSSR count). The third-order valence-corrected chi connectivity index (χ3v) is 5.92. The van der Waals surface area contributed by atoms with Crippen molar-refractivity contribution < 1.29 is 14.3 Å². The van der Waals surface area contributed by atoms with Gasteiger partial charge in [-0.25, -0.2) is 20.0 Å². The number of carbonyl (C=O) groups is 2. The topological polar surface area (TPSA) is 95.6 Å². The molecule has 9 heteroatoms. The van der Waals surface area contributed by atoms with Gasteiger partial charge in [-0.15, -0.1) is 11.3 Å². The van der Waals surface area contributed by atoms with Crippen molar-refractivity contribution in [3.05, 3.63) is 89.3 Å². The van der Waals surface area contributed by atoms with E-state index in [0.717, 1.165) is 27.4 Å². The minimum Gasteiger partial charge on any atom is -0.497 e. The molecule has 1 aromatic heterocycles. The molecule has 0 spiro atoms. The summed E-state index contributed by atoms with van der Waals surface area (Å²) in [6.45, 7) is 3.93. The first-order chi connectivity index (χ1) is 16.9. The van der Waals surface area contributed by atoms with Gasteiger partial charge in [0.25, 0.3) is 0 Å². The van der Waals surface area contributed by atoms with Crippen LogP contribution in [0.25, 0.3) is 11.3 Å². The van der Waals surface area contributed by atoms with E-state index in [2.05, 4.69) is 21.0 Å². The first-order valence-corrected chi connectivity index (χ1v) is 11.7. The third-order valence-electron chi connectivity index (χ3n) is 5.10. The quantitative estimate of drug-likeness (QED) is 0.292. The fourth-order valence-electron chi connectivity index (χ4n) is 3.16. The van der Waals surface area contributed by atoms with Crippen LogP contribution in [-0.2, 0) is 0 Å². The Hall–Kier alpha value is -4.37. The predicted octanol–water partition coefficient (Wildman–Crippen LogP) is 6.21. The van der Waals surface area contributed by atoms with E-state index in [1.807, 2.05) is 67.8 Å². The van der Waals surface area contributed by atoms with Crippen LogP contribution in [0.4, 0.5) is 26.1 Å². The minimum absolute atomic E-state index is 0.305. The summed E-state index contributed by atoms with van der Waals surface area (Å²) in [4.78, 5) is 30.5. The van der Waals surface area contributed by atoms with Gasteiger partial charge in [-0.2, -0.15) is 5.01 Å². The first kappa shape index (κ1) is 23.8. The summed E-state index contributed by atoms with van der Waals surface area (Å²) in [6.07, 6.45) is 0. The molecule has 4 aromatic rings. The molecular weight excluding hydrogens is 462 g/mol. The molecule has 1 heterocycles. The maximum Gasteiger partial charge on any atom is 0.347 e. The molecular formula is C26H25N5O3S. The van der Waals surface area contributed by atoms with Crippen LogP contribution in [0.3, 0.4) is 0 Å². The maximum atomic E-state index is 13.2. The van der Waals surface area contributed by atoms with E-state index in [4.69, 9.17) is 4.74 Å². The lowest BCUT2D eigenvalue weighted by Gasteiger charge is -2.21. The Morgan fingerprint density at radius 3 is 1.97 bits per heavy atom. The molecule has 0 aliphatic rings. The molecule has 0 aliphatic carbocycles. The van der Waals surface area contributed by atoms with Gasteiger partial charge >= 0.3 is 12.1 Å². The predicted molar refractivity (Wildman–Crippen MR) is 140 cm³/mol. The molecule has 0 radical (unpaired) electrons. The van der Waals surface area contributed by atoms with Crippen molar-refractivity contribution in [3.63, 3.8) is 0 Å². The average Bonchev–Trinajstić information content (AvgIpc) is 3.35. The summed E-state index contributed by atoms with van der Waals surface area (Å²) in [5.74, 6) is 0.734. The van der Waals surface area contributed by atoms with Gasteiger partial charge in [-0.1, -0.05) is 35.4 Å². The molecule has 0 saturated heterocycles. The molecule has 4 amide bonds. The Balaban J connectivity index is 1.56. The fourth-order valence-corrected chi connectivity index (χ4v) is 3.95. The molecule has 35 heavy (non-hydrogen) atoms. The molecule has 8 nitrogen and oxygen atoms in total. The lowest BCUT2D eigenvalue weighted by atomic mass is 10.2. The monoisotopic (exact) mass is 487 g/mol. The number of anilines is 3. The van der Waals surface area contributed by atoms with Crippen molar-refractivity contribution in [2.45, 2.75) is 13.8 Å². The van der Waals surface area contributed by atoms with Gasteiger partial charge in [-0.3, -0.25) is 0 Å². The number of benzene rings is 3. The number of thiazole rings is 1. The van der Waals surface area contributed by atoms with Gasteiger partial charge in [0.15, 0.2) is 0 Å². The fraction of sp³-hybridized carbons (Fsp3) is 0.115. The van der Waals surface area contributed by atoms with Crippen molar-refractivity contribution in [3.8, 4) is 17.0 Å². The van der Waals surface area contributed by atoms with Gasteiger partial charge in [-0.05, 0) is 62.4 Å². The number of methoxy groups -OCH3 is 1. The van der Waals surface area contributed by atoms with Crippen LogP contribution in [0.15, 0.2) is 78.2 Å². The van der Waals surface area contributed by atoms with E-state index in [-0.39, 0.29) is 0 Å². The van der Waals surface area contributed by atoms with Crippen LogP contribution in [0.5, 0.6) is 5.75 Å². The third kappa shape index (κ3) is 6.15. The van der Waals surface area contributed by atoms with E-state index in [1.54, 1.807) is 31.4 Å². The average molecular weight is 488 g/mol. The van der Waals surface area contributed by atoms with E-state index < -0.39 is 12.1 Å². The molecule has 3 aromatic carbocycles. The Bertz CT molecular complexity index is 1300. The second-order valence-electron chi connectivity index (χ2n) is 7.81. The molecule has 178 valence electrons. The summed E-state index contributed by atoms with van der Waals surface area (Å²) < 4.78 is 5.21. The number of nitrogens with one attached hydrogen (secondary N) is 3. The number of amides is 4. The smallest absolute Gasteiger partial charge is 0.347 e. The molecule has 0 bridgehead atoms. The second kappa shape index (κ2) is 10.7. The minimum atomic E-state index is -0.575. The normalized spacial score (nSPS) is 10.4. The Kier molecular flexibility index (Phi) is 7.27. The van der Waals surface area contributed by atoms with Crippen LogP contribution in [0.1, 0.15) is 11.1 Å². The van der Waals surface area contributed by atoms with Crippen LogP contribution in [0, 0.1) is 13.8 Å². The largest absolute Gasteiger partial charge is 0.497 e. The lowest BCUT2D eigenvalue weighted by Crippen LogP contribution is -2.50. The summed E-state index contributed by atoms with van der Waals surface area (Å²) in [6, 6.07) is 21.0. The van der Waals surface area contributed by atoms with Crippen LogP contribution < -0.4 is 25.8 Å². The SMILES string of the molecule is COc1ccc(-c2csc(N(NC(=O)Nc3ccc(C)cc3)C(=O)Nc3ccc(C)cc3)n2)cc1. The standard InChI is InChI=1S/C26H25N5O3S/c1-17-4-10-20(11-5-17)27-24(32)30-31(25(33)28-21-12-6-18(2)7-13-21)26-29-23(16-35-26)19-8-14-22(34-3)15-9-19/h4-16H,1-3H3,(H,28,33)(H2,27,30,32). The molecule has 0 saturated carbocycles. The number of rotatable bonds is 5. The number of hydrazine groups is 1. The Morgan fingerprint density at radius 1 is 0.829 bits per heavy atom. The van der Waals surface area contributed by atoms with Crippen molar-refractivity contribution in [1.29, 1.82) is 0 Å². The number of hydrogen-bond acceptors (Lipinski definition) is 5. The van der Waals surface area contributed by atoms with Crippen molar-refractivity contribution >= 4 is 39.9 Å². The maximum absolute atomic E-state index is 13.2. The number of nitrogens with zero attached hydrogens (tertiary/aromatic N) is 2. The Morgan fingerprint density at radius 2 is 1.40 bits per heavy atom. The molecule has 0 unspecified atom stereocenters. The van der Waals surface area contributed by atoms with E-state index in [0.29, 0.717) is 22.2 Å². The van der Waals surface area contributed by atoms with E-state index >= 15 is 0 Å². The molecule has 0 atom stereocenters. The highest BCUT2D eigenvalue weighted by Gasteiger charge is 2.22. The van der Waals surface area contributed by atoms with Gasteiger partial charge in [0.05, 0.1) is 12.8 Å². The van der Waals surface area contributed by atoms with Crippen molar-refractivity contribution in [2.24, 2.45) is 0 Å². The van der Waals surface area contributed by atoms with Crippen molar-refractivity contribution in [2.75, 3.05) is 22.8 Å². The summed E-state index contributed by atoms with van der Waals surface area (Å²) in [5, 5.41) is 8.77. The highest BCUT2D eigenvalue weighted by molar-refractivity contribution is 7.14. The summed E-state index contributed by atoms with van der Waals surface area (Å²) in [7, 11) is 1.60. The van der Waals surface area contributed by atoms with Crippen LogP contribution in [0.2, 0.25) is 0 Å². The zero-order valence-corrected chi connectivity index (χ0v) is 20.3. The van der Waals surface area contributed by atoms with Gasteiger partial charge < -0.3 is 15.4 Å². The second-order valence-corrected chi connectivity index (χ2v) is 8.64. The highest BCUT2D eigenvalue weighted by atomic mass is 32.1. The number of ether oxygens (including phenoxy) is 1. The number of carbonyl (C=O) groups excluding carboxylic acids is 2. The van der Waals surface area contributed by atoms with E-state index in [1.165, 1.54) is 11.3 Å². The summed E-state index contributed by atoms with van der Waals surface area (Å²) in [5.41, 5.74) is 7.48. The van der Waals surface area contributed by atoms with Gasteiger partial charge in [0.2, 0.25) is 5.13 Å². The molecule has 0 aliphatic heterocycles. The number of hydrogen-bond donors (Lipinski definition) is 3. The molecule has 0 fully saturated rings. The van der Waals surface area contributed by atoms with Gasteiger partial charge in [0.1, 0.15) is 5.75 Å².